The molecule has 1 saturated heterocycles. The van der Waals surface area contributed by atoms with Gasteiger partial charge in [-0.25, -0.2) is 0 Å². The van der Waals surface area contributed by atoms with Gasteiger partial charge in [0.15, 0.2) is 10.9 Å². The summed E-state index contributed by atoms with van der Waals surface area (Å²) >= 11 is 5.12. The maximum absolute atomic E-state index is 11.2. The number of anilines is 1. The molecule has 0 aromatic heterocycles. The highest BCUT2D eigenvalue weighted by atomic mass is 32.1. The molecule has 96 valence electrons. The third-order valence-electron chi connectivity index (χ3n) is 2.90. The molecule has 5 heteroatoms. The van der Waals surface area contributed by atoms with Gasteiger partial charge in [-0.15, -0.1) is 0 Å². The standard InChI is InChI=1S/C13H17N3OS/c1-8-7-12(16-13(18)14-8)15-11-5-3-10(4-6-11)9(2)17/h3-6,8,12,15H,7H2,1-2H3,(H2,14,16,18)/t8-,12+/m0/s1. The normalized spacial score (nSPS) is 22.9. The monoisotopic (exact) mass is 263 g/mol. The lowest BCUT2D eigenvalue weighted by atomic mass is 10.1. The van der Waals surface area contributed by atoms with Gasteiger partial charge in [0.25, 0.3) is 0 Å². The molecule has 4 nitrogen and oxygen atoms in total. The third kappa shape index (κ3) is 3.20. The summed E-state index contributed by atoms with van der Waals surface area (Å²) in [4.78, 5) is 11.2. The largest absolute Gasteiger partial charge is 0.365 e. The second-order valence-electron chi connectivity index (χ2n) is 4.59. The van der Waals surface area contributed by atoms with Gasteiger partial charge >= 0.3 is 0 Å². The third-order valence-corrected chi connectivity index (χ3v) is 3.14. The minimum Gasteiger partial charge on any atom is -0.365 e. The predicted molar refractivity (Wildman–Crippen MR) is 76.8 cm³/mol. The highest BCUT2D eigenvalue weighted by Gasteiger charge is 2.20. The molecule has 0 amide bonds. The lowest BCUT2D eigenvalue weighted by Crippen LogP contribution is -2.55. The van der Waals surface area contributed by atoms with Crippen molar-refractivity contribution in [1.29, 1.82) is 0 Å². The molecule has 0 aliphatic carbocycles. The molecular formula is C13H17N3OS. The number of ketones is 1. The molecule has 3 N–H and O–H groups in total. The molecule has 1 heterocycles. The van der Waals surface area contributed by atoms with Crippen LogP contribution in [0.2, 0.25) is 0 Å². The van der Waals surface area contributed by atoms with E-state index in [1.165, 1.54) is 0 Å². The SMILES string of the molecule is CC(=O)c1ccc(N[C@H]2C[C@H](C)NC(=S)N2)cc1. The fourth-order valence-electron chi connectivity index (χ4n) is 1.99. The van der Waals surface area contributed by atoms with Crippen LogP contribution in [0.5, 0.6) is 0 Å². The van der Waals surface area contributed by atoms with Crippen LogP contribution in [0.3, 0.4) is 0 Å². The summed E-state index contributed by atoms with van der Waals surface area (Å²) in [5.41, 5.74) is 1.71. The summed E-state index contributed by atoms with van der Waals surface area (Å²) in [5, 5.41) is 10.4. The van der Waals surface area contributed by atoms with Crippen molar-refractivity contribution in [2.24, 2.45) is 0 Å². The zero-order chi connectivity index (χ0) is 13.1. The quantitative estimate of drug-likeness (QED) is 0.574. The first-order chi connectivity index (χ1) is 8.54. The van der Waals surface area contributed by atoms with E-state index in [0.717, 1.165) is 17.7 Å². The topological polar surface area (TPSA) is 53.2 Å². The molecule has 18 heavy (non-hydrogen) atoms. The van der Waals surface area contributed by atoms with Crippen LogP contribution in [0.1, 0.15) is 30.6 Å². The van der Waals surface area contributed by atoms with Crippen molar-refractivity contribution in [3.8, 4) is 0 Å². The first-order valence-electron chi connectivity index (χ1n) is 5.99. The van der Waals surface area contributed by atoms with Gasteiger partial charge in [0.05, 0.1) is 0 Å². The number of carbonyl (C=O) groups is 1. The van der Waals surface area contributed by atoms with E-state index in [4.69, 9.17) is 12.2 Å². The Bertz CT molecular complexity index is 458. The van der Waals surface area contributed by atoms with Gasteiger partial charge in [-0.2, -0.15) is 0 Å². The molecule has 1 aliphatic rings. The van der Waals surface area contributed by atoms with E-state index in [1.54, 1.807) is 6.92 Å². The molecular weight excluding hydrogens is 246 g/mol. The van der Waals surface area contributed by atoms with Gasteiger partial charge in [-0.3, -0.25) is 4.79 Å². The molecule has 2 atom stereocenters. The summed E-state index contributed by atoms with van der Waals surface area (Å²) in [6.45, 7) is 3.66. The number of carbonyl (C=O) groups excluding carboxylic acids is 1. The lowest BCUT2D eigenvalue weighted by molar-refractivity contribution is 0.101. The van der Waals surface area contributed by atoms with Crippen LogP contribution in [0, 0.1) is 0 Å². The van der Waals surface area contributed by atoms with Gasteiger partial charge in [0, 0.05) is 23.7 Å². The van der Waals surface area contributed by atoms with Crippen LogP contribution < -0.4 is 16.0 Å². The van der Waals surface area contributed by atoms with Gasteiger partial charge in [-0.05, 0) is 50.3 Å². The van der Waals surface area contributed by atoms with Gasteiger partial charge < -0.3 is 16.0 Å². The zero-order valence-corrected chi connectivity index (χ0v) is 11.3. The highest BCUT2D eigenvalue weighted by molar-refractivity contribution is 7.80. The van der Waals surface area contributed by atoms with Crippen LogP contribution in [0.25, 0.3) is 0 Å². The van der Waals surface area contributed by atoms with E-state index in [2.05, 4.69) is 22.9 Å². The number of thiocarbonyl (C=S) groups is 1. The second-order valence-corrected chi connectivity index (χ2v) is 4.99. The zero-order valence-electron chi connectivity index (χ0n) is 10.5. The predicted octanol–water partition coefficient (Wildman–Crippen LogP) is 1.88. The van der Waals surface area contributed by atoms with Crippen molar-refractivity contribution in [1.82, 2.24) is 10.6 Å². The van der Waals surface area contributed by atoms with Crippen LogP contribution in [0.15, 0.2) is 24.3 Å². The number of hydrogen-bond acceptors (Lipinski definition) is 3. The number of rotatable bonds is 3. The number of nitrogens with one attached hydrogen (secondary N) is 3. The van der Waals surface area contributed by atoms with Crippen molar-refractivity contribution in [3.05, 3.63) is 29.8 Å². The molecule has 1 fully saturated rings. The minimum absolute atomic E-state index is 0.0799. The molecule has 0 spiro atoms. The Balaban J connectivity index is 2.00. The average Bonchev–Trinajstić information content (AvgIpc) is 2.28. The molecule has 1 aromatic carbocycles. The maximum Gasteiger partial charge on any atom is 0.168 e. The Kier molecular flexibility index (Phi) is 3.81. The molecule has 0 saturated carbocycles. The van der Waals surface area contributed by atoms with Crippen LogP contribution >= 0.6 is 12.2 Å². The van der Waals surface area contributed by atoms with E-state index in [-0.39, 0.29) is 11.9 Å². The summed E-state index contributed by atoms with van der Waals surface area (Å²) in [6.07, 6.45) is 1.06. The first-order valence-corrected chi connectivity index (χ1v) is 6.40. The summed E-state index contributed by atoms with van der Waals surface area (Å²) in [7, 11) is 0. The summed E-state index contributed by atoms with van der Waals surface area (Å²) < 4.78 is 0. The number of Topliss-reactive ketones (excluding diaryl/α,β-unsaturated/α-hetero) is 1. The van der Waals surface area contributed by atoms with Crippen LogP contribution in [-0.4, -0.2) is 23.1 Å². The Labute approximate surface area is 112 Å². The van der Waals surface area contributed by atoms with Crippen LogP contribution in [0.4, 0.5) is 5.69 Å². The fourth-order valence-corrected chi connectivity index (χ4v) is 2.34. The fraction of sp³-hybridized carbons (Fsp3) is 0.385. The Morgan fingerprint density at radius 2 is 2.00 bits per heavy atom. The Morgan fingerprint density at radius 3 is 2.56 bits per heavy atom. The summed E-state index contributed by atoms with van der Waals surface area (Å²) in [6, 6.07) is 7.83. The van der Waals surface area contributed by atoms with Crippen molar-refractivity contribution >= 4 is 28.8 Å². The minimum atomic E-state index is 0.0799. The molecule has 2 rings (SSSR count). The molecule has 1 aromatic rings. The maximum atomic E-state index is 11.2. The van der Waals surface area contributed by atoms with Crippen LogP contribution in [-0.2, 0) is 0 Å². The van der Waals surface area contributed by atoms with Gasteiger partial charge in [0.1, 0.15) is 6.17 Å². The van der Waals surface area contributed by atoms with E-state index >= 15 is 0 Å². The Hall–Kier alpha value is -1.62. The average molecular weight is 263 g/mol. The molecule has 1 aliphatic heterocycles. The van der Waals surface area contributed by atoms with Crippen molar-refractivity contribution in [2.45, 2.75) is 32.5 Å². The molecule has 0 radical (unpaired) electrons. The van der Waals surface area contributed by atoms with E-state index in [9.17, 15) is 4.79 Å². The van der Waals surface area contributed by atoms with Crippen molar-refractivity contribution in [3.63, 3.8) is 0 Å². The summed E-state index contributed by atoms with van der Waals surface area (Å²) in [5.74, 6) is 0.0799. The van der Waals surface area contributed by atoms with E-state index in [1.807, 2.05) is 24.3 Å². The number of benzene rings is 1. The highest BCUT2D eigenvalue weighted by Crippen LogP contribution is 2.13. The molecule has 0 bridgehead atoms. The van der Waals surface area contributed by atoms with Crippen molar-refractivity contribution in [2.75, 3.05) is 5.32 Å². The van der Waals surface area contributed by atoms with E-state index < -0.39 is 0 Å². The molecule has 0 unspecified atom stereocenters. The Morgan fingerprint density at radius 1 is 1.33 bits per heavy atom. The van der Waals surface area contributed by atoms with Gasteiger partial charge in [-0.1, -0.05) is 0 Å². The van der Waals surface area contributed by atoms with Crippen molar-refractivity contribution < 1.29 is 4.79 Å². The van der Waals surface area contributed by atoms with Gasteiger partial charge in [0.2, 0.25) is 0 Å². The smallest absolute Gasteiger partial charge is 0.168 e. The number of hydrogen-bond donors (Lipinski definition) is 3. The lowest BCUT2D eigenvalue weighted by Gasteiger charge is -2.32. The first kappa shape index (κ1) is 12.8. The van der Waals surface area contributed by atoms with E-state index in [0.29, 0.717) is 11.2 Å². The second kappa shape index (κ2) is 5.35.